The summed E-state index contributed by atoms with van der Waals surface area (Å²) in [5.74, 6) is -0.180. The molecule has 4 rings (SSSR count). The number of benzene rings is 2. The van der Waals surface area contributed by atoms with Gasteiger partial charge in [-0.1, -0.05) is 22.0 Å². The number of hydrogen-bond donors (Lipinski definition) is 0. The molecule has 0 aliphatic rings. The van der Waals surface area contributed by atoms with Gasteiger partial charge < -0.3 is 4.74 Å². The van der Waals surface area contributed by atoms with Crippen LogP contribution >= 0.6 is 15.9 Å². The van der Waals surface area contributed by atoms with E-state index in [1.165, 1.54) is 6.07 Å². The van der Waals surface area contributed by atoms with Gasteiger partial charge in [0, 0.05) is 10.7 Å². The molecule has 0 aliphatic carbocycles. The third-order valence-electron chi connectivity index (χ3n) is 4.32. The van der Waals surface area contributed by atoms with Crippen LogP contribution in [-0.4, -0.2) is 27.1 Å². The summed E-state index contributed by atoms with van der Waals surface area (Å²) in [4.78, 5) is 21.2. The first-order valence-corrected chi connectivity index (χ1v) is 9.20. The molecule has 0 atom stereocenters. The molecule has 0 spiro atoms. The first-order valence-electron chi connectivity index (χ1n) is 8.40. The number of pyridine rings is 1. The van der Waals surface area contributed by atoms with E-state index in [0.29, 0.717) is 43.5 Å². The summed E-state index contributed by atoms with van der Waals surface area (Å²) >= 11 is 3.45. The van der Waals surface area contributed by atoms with Gasteiger partial charge in [-0.3, -0.25) is 9.55 Å². The molecular weight excluding hydrogens is 413 g/mol. The number of nitrogens with zero attached hydrogens (tertiary/aromatic N) is 3. The van der Waals surface area contributed by atoms with Gasteiger partial charge >= 0.3 is 5.97 Å². The van der Waals surface area contributed by atoms with Crippen molar-refractivity contribution in [1.82, 2.24) is 14.5 Å². The maximum atomic E-state index is 14.6. The van der Waals surface area contributed by atoms with Crippen LogP contribution in [0.5, 0.6) is 0 Å². The summed E-state index contributed by atoms with van der Waals surface area (Å²) in [5, 5.41) is 0.403. The van der Waals surface area contributed by atoms with Crippen LogP contribution in [0.4, 0.5) is 4.39 Å². The number of carbonyl (C=O) groups excluding carboxylic acids is 1. The lowest BCUT2D eigenvalue weighted by Crippen LogP contribution is -2.06. The first-order chi connectivity index (χ1) is 13.0. The maximum absolute atomic E-state index is 14.6. The highest BCUT2D eigenvalue weighted by atomic mass is 79.9. The van der Waals surface area contributed by atoms with Crippen molar-refractivity contribution in [1.29, 1.82) is 0 Å². The monoisotopic (exact) mass is 427 g/mol. The Morgan fingerprint density at radius 1 is 1.30 bits per heavy atom. The number of imidazole rings is 1. The van der Waals surface area contributed by atoms with Gasteiger partial charge in [-0.2, -0.15) is 0 Å². The van der Waals surface area contributed by atoms with Crippen molar-refractivity contribution in [3.8, 4) is 5.69 Å². The summed E-state index contributed by atoms with van der Waals surface area (Å²) in [5.41, 5.74) is 2.72. The second-order valence-corrected chi connectivity index (χ2v) is 6.92. The summed E-state index contributed by atoms with van der Waals surface area (Å²) in [6.45, 7) is 3.84. The van der Waals surface area contributed by atoms with E-state index in [-0.39, 0.29) is 12.4 Å². The Morgan fingerprint density at radius 3 is 2.89 bits per heavy atom. The molecule has 0 saturated carbocycles. The quantitative estimate of drug-likeness (QED) is 0.433. The Kier molecular flexibility index (Phi) is 4.39. The molecule has 0 saturated heterocycles. The van der Waals surface area contributed by atoms with Crippen LogP contribution in [0.2, 0.25) is 0 Å². The molecule has 2 heterocycles. The lowest BCUT2D eigenvalue weighted by Gasteiger charge is -2.11. The van der Waals surface area contributed by atoms with E-state index in [1.807, 2.05) is 17.6 Å². The number of fused-ring (bicyclic) bond motifs is 2. The van der Waals surface area contributed by atoms with E-state index in [4.69, 9.17) is 4.74 Å². The van der Waals surface area contributed by atoms with Gasteiger partial charge in [0.1, 0.15) is 17.2 Å². The highest BCUT2D eigenvalue weighted by Gasteiger charge is 2.20. The second kappa shape index (κ2) is 6.74. The van der Waals surface area contributed by atoms with Crippen molar-refractivity contribution in [2.75, 3.05) is 6.61 Å². The fourth-order valence-corrected chi connectivity index (χ4v) is 3.70. The molecule has 0 aliphatic heterocycles. The van der Waals surface area contributed by atoms with Gasteiger partial charge in [0.2, 0.25) is 0 Å². The largest absolute Gasteiger partial charge is 0.462 e. The van der Waals surface area contributed by atoms with Crippen molar-refractivity contribution in [3.05, 3.63) is 64.3 Å². The van der Waals surface area contributed by atoms with Gasteiger partial charge in [-0.05, 0) is 44.2 Å². The van der Waals surface area contributed by atoms with Crippen LogP contribution in [0.1, 0.15) is 23.1 Å². The number of aryl methyl sites for hydroxylation is 1. The molecule has 7 heteroatoms. The first kappa shape index (κ1) is 17.6. The molecule has 0 bridgehead atoms. The van der Waals surface area contributed by atoms with Crippen molar-refractivity contribution >= 4 is 43.8 Å². The molecule has 27 heavy (non-hydrogen) atoms. The van der Waals surface area contributed by atoms with Crippen LogP contribution in [0.25, 0.3) is 27.6 Å². The SMILES string of the molecule is CCOC(=O)c1cc(Br)cc2c1nc(C)n2-c1ccnc2cccc(F)c12. The third-order valence-corrected chi connectivity index (χ3v) is 4.78. The fourth-order valence-electron chi connectivity index (χ4n) is 3.26. The average Bonchev–Trinajstić information content (AvgIpc) is 2.96. The van der Waals surface area contributed by atoms with Gasteiger partial charge in [-0.15, -0.1) is 0 Å². The molecule has 0 N–H and O–H groups in total. The smallest absolute Gasteiger partial charge is 0.340 e. The molecule has 5 nitrogen and oxygen atoms in total. The highest BCUT2D eigenvalue weighted by Crippen LogP contribution is 2.31. The van der Waals surface area contributed by atoms with Crippen LogP contribution < -0.4 is 0 Å². The van der Waals surface area contributed by atoms with Crippen LogP contribution in [0, 0.1) is 12.7 Å². The minimum Gasteiger partial charge on any atom is -0.462 e. The normalized spacial score (nSPS) is 11.3. The van der Waals surface area contributed by atoms with E-state index in [9.17, 15) is 9.18 Å². The van der Waals surface area contributed by atoms with E-state index < -0.39 is 5.97 Å². The number of aromatic nitrogens is 3. The second-order valence-electron chi connectivity index (χ2n) is 6.00. The minimum absolute atomic E-state index is 0.271. The molecule has 0 unspecified atom stereocenters. The average molecular weight is 428 g/mol. The van der Waals surface area contributed by atoms with E-state index >= 15 is 0 Å². The standard InChI is InChI=1S/C20H15BrFN3O2/c1-3-27-20(26)13-9-12(21)10-17-19(13)24-11(2)25(17)16-7-8-23-15-6-4-5-14(22)18(15)16/h4-10H,3H2,1-2H3. The van der Waals surface area contributed by atoms with Gasteiger partial charge in [0.05, 0.1) is 34.3 Å². The van der Waals surface area contributed by atoms with Crippen LogP contribution in [-0.2, 0) is 4.74 Å². The van der Waals surface area contributed by atoms with E-state index in [0.717, 1.165) is 0 Å². The Labute approximate surface area is 162 Å². The summed E-state index contributed by atoms with van der Waals surface area (Å²) < 4.78 is 22.3. The van der Waals surface area contributed by atoms with Gasteiger partial charge in [-0.25, -0.2) is 14.2 Å². The van der Waals surface area contributed by atoms with Crippen molar-refractivity contribution in [2.24, 2.45) is 0 Å². The molecule has 2 aromatic carbocycles. The zero-order valence-corrected chi connectivity index (χ0v) is 16.2. The molecule has 0 amide bonds. The summed E-state index contributed by atoms with van der Waals surface area (Å²) in [6.07, 6.45) is 1.63. The number of esters is 1. The number of halogens is 2. The van der Waals surface area contributed by atoms with Crippen LogP contribution in [0.15, 0.2) is 47.1 Å². The van der Waals surface area contributed by atoms with E-state index in [1.54, 1.807) is 37.4 Å². The summed E-state index contributed by atoms with van der Waals surface area (Å²) in [6, 6.07) is 10.1. The van der Waals surface area contributed by atoms with Gasteiger partial charge in [0.25, 0.3) is 0 Å². The predicted molar refractivity (Wildman–Crippen MR) is 105 cm³/mol. The topological polar surface area (TPSA) is 57.0 Å². The third kappa shape index (κ3) is 2.88. The zero-order valence-electron chi connectivity index (χ0n) is 14.7. The molecule has 2 aromatic heterocycles. The number of ether oxygens (including phenoxy) is 1. The summed E-state index contributed by atoms with van der Waals surface area (Å²) in [7, 11) is 0. The highest BCUT2D eigenvalue weighted by molar-refractivity contribution is 9.10. The number of carbonyl (C=O) groups is 1. The Bertz CT molecular complexity index is 1200. The van der Waals surface area contributed by atoms with Crippen molar-refractivity contribution < 1.29 is 13.9 Å². The van der Waals surface area contributed by atoms with Crippen LogP contribution in [0.3, 0.4) is 0 Å². The molecule has 0 fully saturated rings. The van der Waals surface area contributed by atoms with Gasteiger partial charge in [0.15, 0.2) is 0 Å². The number of rotatable bonds is 3. The molecule has 0 radical (unpaired) electrons. The number of hydrogen-bond acceptors (Lipinski definition) is 4. The molecular formula is C20H15BrFN3O2. The Balaban J connectivity index is 2.08. The van der Waals surface area contributed by atoms with Crippen molar-refractivity contribution in [2.45, 2.75) is 13.8 Å². The minimum atomic E-state index is -0.445. The maximum Gasteiger partial charge on any atom is 0.340 e. The Hall–Kier alpha value is -2.80. The lowest BCUT2D eigenvalue weighted by molar-refractivity contribution is 0.0528. The van der Waals surface area contributed by atoms with Crippen molar-refractivity contribution in [3.63, 3.8) is 0 Å². The Morgan fingerprint density at radius 2 is 2.11 bits per heavy atom. The molecule has 4 aromatic rings. The fraction of sp³-hybridized carbons (Fsp3) is 0.150. The van der Waals surface area contributed by atoms with E-state index in [2.05, 4.69) is 25.9 Å². The molecule has 136 valence electrons. The zero-order chi connectivity index (χ0) is 19.1. The predicted octanol–water partition coefficient (Wildman–Crippen LogP) is 4.96. The lowest BCUT2D eigenvalue weighted by atomic mass is 10.1.